The third-order valence-electron chi connectivity index (χ3n) is 3.68. The van der Waals surface area contributed by atoms with E-state index in [2.05, 4.69) is 11.6 Å². The molecule has 1 unspecified atom stereocenters. The summed E-state index contributed by atoms with van der Waals surface area (Å²) in [6, 6.07) is 3.41. The molecule has 0 aliphatic heterocycles. The summed E-state index contributed by atoms with van der Waals surface area (Å²) < 4.78 is 27.7. The molecule has 0 bridgehead atoms. The van der Waals surface area contributed by atoms with E-state index >= 15 is 0 Å². The zero-order chi connectivity index (χ0) is 16.0. The molecule has 1 atom stereocenters. The molecule has 3 N–H and O–H groups in total. The Bertz CT molecular complexity index is 568. The van der Waals surface area contributed by atoms with E-state index in [4.69, 9.17) is 5.73 Å². The number of rotatable bonds is 8. The summed E-state index contributed by atoms with van der Waals surface area (Å²) in [5.41, 5.74) is 7.86. The molecule has 5 heteroatoms. The van der Waals surface area contributed by atoms with E-state index in [1.54, 1.807) is 19.1 Å². The number of nitrogens with two attached hydrogens (primary N) is 1. The molecule has 0 amide bonds. The van der Waals surface area contributed by atoms with Crippen LogP contribution in [0.1, 0.15) is 57.1 Å². The van der Waals surface area contributed by atoms with Gasteiger partial charge in [-0.25, -0.2) is 13.1 Å². The summed E-state index contributed by atoms with van der Waals surface area (Å²) >= 11 is 0. The van der Waals surface area contributed by atoms with Gasteiger partial charge in [0, 0.05) is 11.7 Å². The first-order valence-electron chi connectivity index (χ1n) is 7.67. The average Bonchev–Trinajstić information content (AvgIpc) is 2.38. The summed E-state index contributed by atoms with van der Waals surface area (Å²) in [5.74, 6) is 0. The second-order valence-corrected chi connectivity index (χ2v) is 7.53. The summed E-state index contributed by atoms with van der Waals surface area (Å²) in [6.45, 7) is 7.67. The van der Waals surface area contributed by atoms with Crippen LogP contribution in [0, 0.1) is 13.8 Å². The topological polar surface area (TPSA) is 72.2 Å². The average molecular weight is 312 g/mol. The molecule has 21 heavy (non-hydrogen) atoms. The summed E-state index contributed by atoms with van der Waals surface area (Å²) in [7, 11) is -3.51. The third-order valence-corrected chi connectivity index (χ3v) is 5.40. The zero-order valence-corrected chi connectivity index (χ0v) is 14.4. The number of nitrogens with one attached hydrogen (secondary N) is 1. The van der Waals surface area contributed by atoms with Crippen LogP contribution in [0.4, 0.5) is 5.69 Å². The second kappa shape index (κ2) is 7.80. The quantitative estimate of drug-likeness (QED) is 0.570. The lowest BCUT2D eigenvalue weighted by Crippen LogP contribution is -2.33. The Morgan fingerprint density at radius 1 is 1.19 bits per heavy atom. The number of hydrogen-bond acceptors (Lipinski definition) is 3. The zero-order valence-electron chi connectivity index (χ0n) is 13.6. The summed E-state index contributed by atoms with van der Waals surface area (Å²) in [6.07, 6.45) is 5.44. The maximum atomic E-state index is 12.5. The van der Waals surface area contributed by atoms with Crippen molar-refractivity contribution < 1.29 is 8.42 Å². The maximum Gasteiger partial charge on any atom is 0.241 e. The minimum atomic E-state index is -3.51. The molecule has 120 valence electrons. The number of unbranched alkanes of at least 4 members (excludes halogenated alkanes) is 3. The van der Waals surface area contributed by atoms with Gasteiger partial charge in [-0.15, -0.1) is 0 Å². The van der Waals surface area contributed by atoms with Crippen molar-refractivity contribution in [2.24, 2.45) is 0 Å². The second-order valence-electron chi connectivity index (χ2n) is 5.85. The summed E-state index contributed by atoms with van der Waals surface area (Å²) in [4.78, 5) is 0.292. The molecule has 0 radical (unpaired) electrons. The molecule has 0 aromatic heterocycles. The van der Waals surface area contributed by atoms with Crippen LogP contribution in [0.15, 0.2) is 17.0 Å². The fourth-order valence-electron chi connectivity index (χ4n) is 2.40. The van der Waals surface area contributed by atoms with Gasteiger partial charge in [-0.3, -0.25) is 0 Å². The Morgan fingerprint density at radius 3 is 2.48 bits per heavy atom. The van der Waals surface area contributed by atoms with Crippen molar-refractivity contribution in [2.45, 2.75) is 70.7 Å². The highest BCUT2D eigenvalue weighted by molar-refractivity contribution is 7.89. The van der Waals surface area contributed by atoms with E-state index < -0.39 is 10.0 Å². The Labute approximate surface area is 129 Å². The van der Waals surface area contributed by atoms with E-state index in [9.17, 15) is 8.42 Å². The number of aryl methyl sites for hydroxylation is 1. The smallest absolute Gasteiger partial charge is 0.241 e. The first-order chi connectivity index (χ1) is 9.77. The highest BCUT2D eigenvalue weighted by Gasteiger charge is 2.20. The van der Waals surface area contributed by atoms with Crippen molar-refractivity contribution in [3.8, 4) is 0 Å². The summed E-state index contributed by atoms with van der Waals surface area (Å²) in [5, 5.41) is 0. The van der Waals surface area contributed by atoms with Crippen LogP contribution in [-0.2, 0) is 10.0 Å². The number of anilines is 1. The maximum absolute atomic E-state index is 12.5. The van der Waals surface area contributed by atoms with Gasteiger partial charge in [0.15, 0.2) is 0 Å². The van der Waals surface area contributed by atoms with Crippen molar-refractivity contribution in [3.63, 3.8) is 0 Å². The minimum absolute atomic E-state index is 0.0620. The van der Waals surface area contributed by atoms with Crippen LogP contribution in [0.3, 0.4) is 0 Å². The van der Waals surface area contributed by atoms with Crippen molar-refractivity contribution in [1.29, 1.82) is 0 Å². The Kier molecular flexibility index (Phi) is 6.68. The van der Waals surface area contributed by atoms with Crippen LogP contribution in [-0.4, -0.2) is 14.5 Å². The Morgan fingerprint density at radius 2 is 1.86 bits per heavy atom. The standard InChI is InChI=1S/C16H28N2O2S/c1-5-6-7-8-9-13(3)18-21(19,20)16-11-12(2)10-15(17)14(16)4/h10-11,13,18H,5-9,17H2,1-4H3. The Hall–Kier alpha value is -1.07. The van der Waals surface area contributed by atoms with Crippen LogP contribution < -0.4 is 10.5 Å². The first kappa shape index (κ1) is 18.0. The van der Waals surface area contributed by atoms with Gasteiger partial charge in [0.2, 0.25) is 10.0 Å². The van der Waals surface area contributed by atoms with Gasteiger partial charge in [-0.1, -0.05) is 32.6 Å². The highest BCUT2D eigenvalue weighted by Crippen LogP contribution is 2.23. The van der Waals surface area contributed by atoms with Gasteiger partial charge in [-0.05, 0) is 50.5 Å². The van der Waals surface area contributed by atoms with Crippen molar-refractivity contribution >= 4 is 15.7 Å². The number of benzene rings is 1. The minimum Gasteiger partial charge on any atom is -0.398 e. The molecule has 0 heterocycles. The van der Waals surface area contributed by atoms with E-state index in [0.717, 1.165) is 24.8 Å². The predicted octanol–water partition coefficient (Wildman–Crippen LogP) is 3.52. The molecular formula is C16H28N2O2S. The van der Waals surface area contributed by atoms with Crippen LogP contribution >= 0.6 is 0 Å². The lowest BCUT2D eigenvalue weighted by molar-refractivity contribution is 0.521. The van der Waals surface area contributed by atoms with E-state index in [1.807, 2.05) is 13.8 Å². The third kappa shape index (κ3) is 5.32. The van der Waals surface area contributed by atoms with Gasteiger partial charge in [0.25, 0.3) is 0 Å². The molecule has 1 aromatic carbocycles. The number of hydrogen-bond donors (Lipinski definition) is 2. The lowest BCUT2D eigenvalue weighted by Gasteiger charge is -2.16. The lowest BCUT2D eigenvalue weighted by atomic mass is 10.1. The fourth-order valence-corrected chi connectivity index (χ4v) is 4.03. The molecule has 0 aliphatic carbocycles. The Balaban J connectivity index is 2.78. The van der Waals surface area contributed by atoms with Crippen LogP contribution in [0.25, 0.3) is 0 Å². The highest BCUT2D eigenvalue weighted by atomic mass is 32.2. The first-order valence-corrected chi connectivity index (χ1v) is 9.15. The van der Waals surface area contributed by atoms with Gasteiger partial charge in [0.1, 0.15) is 0 Å². The molecule has 0 saturated heterocycles. The fraction of sp³-hybridized carbons (Fsp3) is 0.625. The van der Waals surface area contributed by atoms with Crippen molar-refractivity contribution in [1.82, 2.24) is 4.72 Å². The predicted molar refractivity (Wildman–Crippen MR) is 88.9 cm³/mol. The number of nitrogen functional groups attached to an aromatic ring is 1. The van der Waals surface area contributed by atoms with Gasteiger partial charge in [0.05, 0.1) is 4.90 Å². The monoisotopic (exact) mass is 312 g/mol. The molecule has 4 nitrogen and oxygen atoms in total. The molecule has 0 spiro atoms. The van der Waals surface area contributed by atoms with Gasteiger partial charge < -0.3 is 5.73 Å². The van der Waals surface area contributed by atoms with Crippen LogP contribution in [0.2, 0.25) is 0 Å². The largest absolute Gasteiger partial charge is 0.398 e. The molecule has 1 rings (SSSR count). The molecule has 1 aromatic rings. The van der Waals surface area contributed by atoms with Gasteiger partial charge in [-0.2, -0.15) is 0 Å². The molecular weight excluding hydrogens is 284 g/mol. The van der Waals surface area contributed by atoms with Crippen molar-refractivity contribution in [3.05, 3.63) is 23.3 Å². The van der Waals surface area contributed by atoms with E-state index in [1.165, 1.54) is 12.8 Å². The number of sulfonamides is 1. The normalized spacial score (nSPS) is 13.3. The molecule has 0 saturated carbocycles. The van der Waals surface area contributed by atoms with E-state index in [-0.39, 0.29) is 6.04 Å². The SMILES string of the molecule is CCCCCCC(C)NS(=O)(=O)c1cc(C)cc(N)c1C. The van der Waals surface area contributed by atoms with Gasteiger partial charge >= 0.3 is 0 Å². The van der Waals surface area contributed by atoms with Crippen LogP contribution in [0.5, 0.6) is 0 Å². The van der Waals surface area contributed by atoms with Crippen molar-refractivity contribution in [2.75, 3.05) is 5.73 Å². The van der Waals surface area contributed by atoms with E-state index in [0.29, 0.717) is 16.1 Å². The molecule has 0 fully saturated rings. The molecule has 0 aliphatic rings.